The van der Waals surface area contributed by atoms with Crippen LogP contribution in [-0.2, 0) is 4.79 Å². The van der Waals surface area contributed by atoms with Crippen LogP contribution in [-0.4, -0.2) is 21.9 Å². The lowest BCUT2D eigenvalue weighted by Gasteiger charge is -2.09. The summed E-state index contributed by atoms with van der Waals surface area (Å²) in [5, 5.41) is 2.49. The Bertz CT molecular complexity index is 879. The van der Waals surface area contributed by atoms with Gasteiger partial charge in [-0.05, 0) is 59.8 Å². The lowest BCUT2D eigenvalue weighted by atomic mass is 10.3. The Labute approximate surface area is 145 Å². The van der Waals surface area contributed by atoms with Crippen molar-refractivity contribution in [3.8, 4) is 5.75 Å². The number of rotatable bonds is 4. The number of benzene rings is 1. The van der Waals surface area contributed by atoms with Crippen LogP contribution in [0.4, 0.5) is 10.1 Å². The van der Waals surface area contributed by atoms with Gasteiger partial charge in [-0.25, -0.2) is 9.37 Å². The Kier molecular flexibility index (Phi) is 4.46. The molecule has 0 saturated carbocycles. The van der Waals surface area contributed by atoms with Crippen LogP contribution in [0.15, 0.2) is 42.7 Å². The molecule has 5 nitrogen and oxygen atoms in total. The summed E-state index contributed by atoms with van der Waals surface area (Å²) < 4.78 is 21.8. The minimum absolute atomic E-state index is 0.133. The van der Waals surface area contributed by atoms with Gasteiger partial charge in [0.2, 0.25) is 0 Å². The highest BCUT2D eigenvalue weighted by molar-refractivity contribution is 14.1. The second-order valence-corrected chi connectivity index (χ2v) is 6.19. The van der Waals surface area contributed by atoms with Crippen LogP contribution in [0.2, 0.25) is 0 Å². The molecule has 118 valence electrons. The second kappa shape index (κ2) is 6.53. The number of fused-ring (bicyclic) bond motifs is 1. The topological polar surface area (TPSA) is 55.6 Å². The third-order valence-corrected chi connectivity index (χ3v) is 3.80. The molecule has 7 heteroatoms. The quantitative estimate of drug-likeness (QED) is 0.653. The number of hydrogen-bond acceptors (Lipinski definition) is 3. The van der Waals surface area contributed by atoms with E-state index in [0.29, 0.717) is 11.4 Å². The molecule has 2 heterocycles. The molecule has 3 rings (SSSR count). The third kappa shape index (κ3) is 3.61. The Morgan fingerprint density at radius 3 is 3.04 bits per heavy atom. The summed E-state index contributed by atoms with van der Waals surface area (Å²) in [6, 6.07) is 8.13. The van der Waals surface area contributed by atoms with E-state index in [4.69, 9.17) is 4.74 Å². The highest BCUT2D eigenvalue weighted by Gasteiger charge is 2.10. The van der Waals surface area contributed by atoms with E-state index >= 15 is 0 Å². The van der Waals surface area contributed by atoms with Gasteiger partial charge < -0.3 is 14.5 Å². The number of ether oxygens (including phenoxy) is 1. The van der Waals surface area contributed by atoms with Crippen molar-refractivity contribution in [1.29, 1.82) is 0 Å². The van der Waals surface area contributed by atoms with Gasteiger partial charge in [0.25, 0.3) is 5.91 Å². The molecule has 3 aromatic rings. The zero-order valence-electron chi connectivity index (χ0n) is 12.2. The van der Waals surface area contributed by atoms with Crippen molar-refractivity contribution in [3.63, 3.8) is 0 Å². The van der Waals surface area contributed by atoms with Gasteiger partial charge in [-0.3, -0.25) is 4.79 Å². The number of nitrogens with one attached hydrogen (secondary N) is 1. The minimum atomic E-state index is -0.476. The largest absolute Gasteiger partial charge is 0.480 e. The molecule has 2 aromatic heterocycles. The number of anilines is 1. The summed E-state index contributed by atoms with van der Waals surface area (Å²) in [4.78, 5) is 16.3. The average Bonchev–Trinajstić information content (AvgIpc) is 2.88. The van der Waals surface area contributed by atoms with Crippen molar-refractivity contribution in [2.75, 3.05) is 11.9 Å². The van der Waals surface area contributed by atoms with E-state index in [0.717, 1.165) is 9.26 Å². The van der Waals surface area contributed by atoms with Crippen LogP contribution in [0, 0.1) is 16.3 Å². The molecule has 0 radical (unpaired) electrons. The second-order valence-electron chi connectivity index (χ2n) is 4.95. The van der Waals surface area contributed by atoms with E-state index in [2.05, 4.69) is 10.3 Å². The van der Waals surface area contributed by atoms with E-state index in [1.165, 1.54) is 12.1 Å². The van der Waals surface area contributed by atoms with Crippen molar-refractivity contribution in [2.24, 2.45) is 0 Å². The van der Waals surface area contributed by atoms with Crippen molar-refractivity contribution >= 4 is 39.8 Å². The van der Waals surface area contributed by atoms with Gasteiger partial charge in [-0.1, -0.05) is 0 Å². The van der Waals surface area contributed by atoms with Crippen molar-refractivity contribution in [3.05, 3.63) is 57.8 Å². The molecule has 0 atom stereocenters. The maximum atomic E-state index is 13.7. The fraction of sp³-hybridized carbons (Fsp3) is 0.125. The fourth-order valence-electron chi connectivity index (χ4n) is 2.14. The molecule has 23 heavy (non-hydrogen) atoms. The molecule has 0 saturated heterocycles. The lowest BCUT2D eigenvalue weighted by Crippen LogP contribution is -2.21. The van der Waals surface area contributed by atoms with Gasteiger partial charge in [-0.2, -0.15) is 0 Å². The number of halogens is 2. The van der Waals surface area contributed by atoms with E-state index in [9.17, 15) is 9.18 Å². The molecule has 0 spiro atoms. The zero-order chi connectivity index (χ0) is 16.4. The molecule has 1 N–H and O–H groups in total. The van der Waals surface area contributed by atoms with Gasteiger partial charge in [0.05, 0.1) is 11.4 Å². The summed E-state index contributed by atoms with van der Waals surface area (Å²) in [5.41, 5.74) is 1.62. The maximum Gasteiger partial charge on any atom is 0.262 e. The number of hydrogen-bond donors (Lipinski definition) is 1. The van der Waals surface area contributed by atoms with Crippen molar-refractivity contribution in [2.45, 2.75) is 6.92 Å². The highest BCUT2D eigenvalue weighted by Crippen LogP contribution is 2.19. The summed E-state index contributed by atoms with van der Waals surface area (Å²) in [6.07, 6.45) is 3.71. The standard InChI is InChI=1S/C16H13FIN3O2/c1-10-8-21-6-2-3-14(16(21)19-10)23-9-15(22)20-13-5-4-11(18)7-12(13)17/h2-8H,9H2,1H3,(H,20,22). The number of amides is 1. The highest BCUT2D eigenvalue weighted by atomic mass is 127. The summed E-state index contributed by atoms with van der Waals surface area (Å²) in [6.45, 7) is 1.65. The van der Waals surface area contributed by atoms with Crippen LogP contribution in [0.25, 0.3) is 5.65 Å². The third-order valence-electron chi connectivity index (χ3n) is 3.13. The average molecular weight is 425 g/mol. The number of pyridine rings is 1. The Hall–Kier alpha value is -2.16. The van der Waals surface area contributed by atoms with E-state index in [-0.39, 0.29) is 12.3 Å². The first-order valence-electron chi connectivity index (χ1n) is 6.85. The summed E-state index contributed by atoms with van der Waals surface area (Å²) >= 11 is 2.00. The van der Waals surface area contributed by atoms with Gasteiger partial charge >= 0.3 is 0 Å². The number of nitrogens with zero attached hydrogens (tertiary/aromatic N) is 2. The van der Waals surface area contributed by atoms with Gasteiger partial charge in [0.1, 0.15) is 5.82 Å². The molecule has 0 aliphatic heterocycles. The number of imidazole rings is 1. The first-order chi connectivity index (χ1) is 11.0. The fourth-order valence-corrected chi connectivity index (χ4v) is 2.60. The monoisotopic (exact) mass is 425 g/mol. The Morgan fingerprint density at radius 2 is 2.26 bits per heavy atom. The first-order valence-corrected chi connectivity index (χ1v) is 7.93. The molecule has 0 aliphatic carbocycles. The number of aryl methyl sites for hydroxylation is 1. The molecule has 0 fully saturated rings. The molecule has 1 aromatic carbocycles. The molecular formula is C16H13FIN3O2. The van der Waals surface area contributed by atoms with Crippen molar-refractivity contribution in [1.82, 2.24) is 9.38 Å². The number of carbonyl (C=O) groups excluding carboxylic acids is 1. The molecule has 0 unspecified atom stereocenters. The SMILES string of the molecule is Cc1cn2cccc(OCC(=O)Nc3ccc(I)cc3F)c2n1. The van der Waals surface area contributed by atoms with Crippen molar-refractivity contribution < 1.29 is 13.9 Å². The predicted molar refractivity (Wildman–Crippen MR) is 93.2 cm³/mol. The van der Waals surface area contributed by atoms with Gasteiger partial charge in [0.15, 0.2) is 18.0 Å². The first kappa shape index (κ1) is 15.7. The molecule has 1 amide bonds. The van der Waals surface area contributed by atoms with Gasteiger partial charge in [0, 0.05) is 16.0 Å². The van der Waals surface area contributed by atoms with Gasteiger partial charge in [-0.15, -0.1) is 0 Å². The summed E-state index contributed by atoms with van der Waals surface area (Å²) in [7, 11) is 0. The zero-order valence-corrected chi connectivity index (χ0v) is 14.4. The van der Waals surface area contributed by atoms with Crippen LogP contribution < -0.4 is 10.1 Å². The Morgan fingerprint density at radius 1 is 1.43 bits per heavy atom. The number of aromatic nitrogens is 2. The minimum Gasteiger partial charge on any atom is -0.480 e. The van der Waals surface area contributed by atoms with Crippen LogP contribution >= 0.6 is 22.6 Å². The molecule has 0 aliphatic rings. The van der Waals surface area contributed by atoms with Crippen LogP contribution in [0.5, 0.6) is 5.75 Å². The van der Waals surface area contributed by atoms with E-state index < -0.39 is 11.7 Å². The predicted octanol–water partition coefficient (Wildman–Crippen LogP) is 3.40. The normalized spacial score (nSPS) is 10.7. The lowest BCUT2D eigenvalue weighted by molar-refractivity contribution is -0.118. The van der Waals surface area contributed by atoms with Crippen LogP contribution in [0.3, 0.4) is 0 Å². The van der Waals surface area contributed by atoms with E-state index in [1.807, 2.05) is 46.3 Å². The Balaban J connectivity index is 1.68. The summed E-state index contributed by atoms with van der Waals surface area (Å²) in [5.74, 6) is -0.412. The van der Waals surface area contributed by atoms with Crippen LogP contribution in [0.1, 0.15) is 5.69 Å². The smallest absolute Gasteiger partial charge is 0.262 e. The molecular weight excluding hydrogens is 412 g/mol. The molecule has 0 bridgehead atoms. The van der Waals surface area contributed by atoms with E-state index in [1.54, 1.807) is 18.2 Å². The number of carbonyl (C=O) groups is 1. The maximum absolute atomic E-state index is 13.7.